The molecule has 0 radical (unpaired) electrons. The van der Waals surface area contributed by atoms with Crippen molar-refractivity contribution in [3.8, 4) is 0 Å². The molecule has 0 N–H and O–H groups in total. The van der Waals surface area contributed by atoms with Crippen LogP contribution in [0.3, 0.4) is 0 Å². The van der Waals surface area contributed by atoms with Crippen LogP contribution in [0.25, 0.3) is 0 Å². The molecule has 3 aliphatic rings. The third-order valence-corrected chi connectivity index (χ3v) is 7.08. The lowest BCUT2D eigenvalue weighted by Gasteiger charge is -2.40. The molecule has 6 nitrogen and oxygen atoms in total. The highest BCUT2D eigenvalue weighted by Gasteiger charge is 2.39. The minimum Gasteiger partial charge on any atom is -0.341 e. The summed E-state index contributed by atoms with van der Waals surface area (Å²) in [5.41, 5.74) is -0.581. The summed E-state index contributed by atoms with van der Waals surface area (Å²) in [6.45, 7) is 2.86. The van der Waals surface area contributed by atoms with E-state index in [1.54, 1.807) is 9.80 Å². The number of hydrogen-bond acceptors (Lipinski definition) is 3. The number of carbonyl (C=O) groups excluding carboxylic acids is 3. The van der Waals surface area contributed by atoms with Gasteiger partial charge in [0.1, 0.15) is 6.04 Å². The van der Waals surface area contributed by atoms with E-state index in [4.69, 9.17) is 0 Å². The van der Waals surface area contributed by atoms with Gasteiger partial charge in [0, 0.05) is 44.2 Å². The van der Waals surface area contributed by atoms with E-state index in [9.17, 15) is 27.6 Å². The summed E-state index contributed by atoms with van der Waals surface area (Å²) in [7, 11) is 0. The Labute approximate surface area is 191 Å². The number of rotatable bonds is 3. The maximum absolute atomic E-state index is 13.3. The fraction of sp³-hybridized carbons (Fsp3) is 0.625. The van der Waals surface area contributed by atoms with E-state index >= 15 is 0 Å². The Hall–Kier alpha value is -2.58. The van der Waals surface area contributed by atoms with Gasteiger partial charge in [-0.15, -0.1) is 0 Å². The van der Waals surface area contributed by atoms with Crippen molar-refractivity contribution in [2.24, 2.45) is 5.92 Å². The van der Waals surface area contributed by atoms with Crippen molar-refractivity contribution >= 4 is 17.7 Å². The molecular weight excluding hydrogens is 435 g/mol. The molecule has 0 aliphatic carbocycles. The van der Waals surface area contributed by atoms with Gasteiger partial charge >= 0.3 is 6.18 Å². The second kappa shape index (κ2) is 9.73. The lowest BCUT2D eigenvalue weighted by molar-refractivity contribution is -0.150. The molecule has 1 unspecified atom stereocenters. The molecule has 4 rings (SSSR count). The number of hydrogen-bond donors (Lipinski definition) is 0. The molecule has 3 heterocycles. The summed E-state index contributed by atoms with van der Waals surface area (Å²) < 4.78 is 38.3. The largest absolute Gasteiger partial charge is 0.416 e. The van der Waals surface area contributed by atoms with Gasteiger partial charge in [-0.2, -0.15) is 13.2 Å². The quantitative estimate of drug-likeness (QED) is 0.686. The number of carbonyl (C=O) groups is 3. The number of amides is 3. The molecule has 9 heteroatoms. The summed E-state index contributed by atoms with van der Waals surface area (Å²) in [6.07, 6.45) is 1.10. The lowest BCUT2D eigenvalue weighted by atomic mass is 9.92. The van der Waals surface area contributed by atoms with Crippen molar-refractivity contribution < 1.29 is 27.6 Å². The summed E-state index contributed by atoms with van der Waals surface area (Å²) in [5, 5.41) is 0. The SMILES string of the molecule is O=C(c1ccc(C(F)(F)F)cc1)N1CCC(C(=O)N2CCCCC2C(=O)N2CCCC2)CC1. The predicted octanol–water partition coefficient (Wildman–Crippen LogP) is 3.56. The average Bonchev–Trinajstić information content (AvgIpc) is 3.37. The van der Waals surface area contributed by atoms with Crippen LogP contribution in [0.4, 0.5) is 13.2 Å². The summed E-state index contributed by atoms with van der Waals surface area (Å²) in [5.74, 6) is -0.507. The monoisotopic (exact) mass is 465 g/mol. The molecular formula is C24H30F3N3O3. The minimum atomic E-state index is -4.44. The number of alkyl halides is 3. The topological polar surface area (TPSA) is 60.9 Å². The van der Waals surface area contributed by atoms with Gasteiger partial charge in [-0.3, -0.25) is 14.4 Å². The van der Waals surface area contributed by atoms with Gasteiger partial charge in [0.2, 0.25) is 11.8 Å². The first-order valence-electron chi connectivity index (χ1n) is 11.8. The van der Waals surface area contributed by atoms with Crippen LogP contribution in [0, 0.1) is 5.92 Å². The van der Waals surface area contributed by atoms with Crippen LogP contribution in [0.5, 0.6) is 0 Å². The maximum atomic E-state index is 13.3. The summed E-state index contributed by atoms with van der Waals surface area (Å²) >= 11 is 0. The van der Waals surface area contributed by atoms with E-state index in [2.05, 4.69) is 0 Å². The third kappa shape index (κ3) is 5.17. The molecule has 0 spiro atoms. The van der Waals surface area contributed by atoms with E-state index in [1.807, 2.05) is 4.90 Å². The molecule has 1 aromatic carbocycles. The molecule has 0 aromatic heterocycles. The molecule has 3 amide bonds. The first kappa shape index (κ1) is 23.6. The van der Waals surface area contributed by atoms with Crippen LogP contribution in [0.2, 0.25) is 0 Å². The van der Waals surface area contributed by atoms with Crippen LogP contribution in [0.15, 0.2) is 24.3 Å². The third-order valence-electron chi connectivity index (χ3n) is 7.08. The minimum absolute atomic E-state index is 0.00567. The number of nitrogens with zero attached hydrogens (tertiary/aromatic N) is 3. The fourth-order valence-corrected chi connectivity index (χ4v) is 5.15. The second-order valence-electron chi connectivity index (χ2n) is 9.22. The van der Waals surface area contributed by atoms with Crippen LogP contribution < -0.4 is 0 Å². The Kier molecular flexibility index (Phi) is 6.95. The van der Waals surface area contributed by atoms with Crippen LogP contribution in [-0.4, -0.2) is 71.2 Å². The fourth-order valence-electron chi connectivity index (χ4n) is 5.15. The summed E-state index contributed by atoms with van der Waals surface area (Å²) in [6, 6.07) is 3.85. The van der Waals surface area contributed by atoms with Gasteiger partial charge in [0.25, 0.3) is 5.91 Å². The standard InChI is InChI=1S/C24H30F3N3O3/c25-24(26,27)19-8-6-17(7-9-19)21(31)29-15-10-18(11-16-29)22(32)30-14-2-1-5-20(30)23(33)28-12-3-4-13-28/h6-9,18,20H,1-5,10-16H2. The highest BCUT2D eigenvalue weighted by molar-refractivity contribution is 5.94. The van der Waals surface area contributed by atoms with E-state index < -0.39 is 11.7 Å². The first-order valence-corrected chi connectivity index (χ1v) is 11.8. The average molecular weight is 466 g/mol. The predicted molar refractivity (Wildman–Crippen MR) is 115 cm³/mol. The van der Waals surface area contributed by atoms with Crippen LogP contribution in [-0.2, 0) is 15.8 Å². The molecule has 180 valence electrons. The van der Waals surface area contributed by atoms with Crippen LogP contribution >= 0.6 is 0 Å². The van der Waals surface area contributed by atoms with Crippen molar-refractivity contribution in [3.63, 3.8) is 0 Å². The summed E-state index contributed by atoms with van der Waals surface area (Å²) in [4.78, 5) is 44.3. The van der Waals surface area contributed by atoms with Gasteiger partial charge in [0.15, 0.2) is 0 Å². The molecule has 3 aliphatic heterocycles. The Morgan fingerprint density at radius 1 is 0.727 bits per heavy atom. The normalized spacial score (nSPS) is 22.5. The number of benzene rings is 1. The van der Waals surface area contributed by atoms with Crippen molar-refractivity contribution in [1.29, 1.82) is 0 Å². The smallest absolute Gasteiger partial charge is 0.341 e. The highest BCUT2D eigenvalue weighted by atomic mass is 19.4. The first-order chi connectivity index (χ1) is 15.8. The molecule has 1 aromatic rings. The Morgan fingerprint density at radius 3 is 1.94 bits per heavy atom. The highest BCUT2D eigenvalue weighted by Crippen LogP contribution is 2.30. The molecule has 1 atom stereocenters. The zero-order valence-corrected chi connectivity index (χ0v) is 18.6. The van der Waals surface area contributed by atoms with Gasteiger partial charge in [-0.25, -0.2) is 0 Å². The van der Waals surface area contributed by atoms with Crippen molar-refractivity contribution in [1.82, 2.24) is 14.7 Å². The molecule has 0 bridgehead atoms. The van der Waals surface area contributed by atoms with Gasteiger partial charge in [-0.1, -0.05) is 0 Å². The van der Waals surface area contributed by atoms with E-state index in [0.717, 1.165) is 50.9 Å². The zero-order valence-electron chi connectivity index (χ0n) is 18.6. The molecule has 0 saturated carbocycles. The molecule has 3 saturated heterocycles. The van der Waals surface area contributed by atoms with Crippen molar-refractivity contribution in [3.05, 3.63) is 35.4 Å². The van der Waals surface area contributed by atoms with Gasteiger partial charge < -0.3 is 14.7 Å². The zero-order chi connectivity index (χ0) is 23.6. The molecule has 33 heavy (non-hydrogen) atoms. The van der Waals surface area contributed by atoms with Crippen molar-refractivity contribution in [2.45, 2.75) is 57.2 Å². The van der Waals surface area contributed by atoms with Crippen LogP contribution in [0.1, 0.15) is 60.9 Å². The second-order valence-corrected chi connectivity index (χ2v) is 9.22. The Bertz CT molecular complexity index is 873. The van der Waals surface area contributed by atoms with E-state index in [1.165, 1.54) is 12.1 Å². The van der Waals surface area contributed by atoms with Gasteiger partial charge in [0.05, 0.1) is 5.56 Å². The Balaban J connectivity index is 1.35. The van der Waals surface area contributed by atoms with E-state index in [0.29, 0.717) is 38.9 Å². The van der Waals surface area contributed by atoms with Crippen molar-refractivity contribution in [2.75, 3.05) is 32.7 Å². The Morgan fingerprint density at radius 2 is 1.33 bits per heavy atom. The lowest BCUT2D eigenvalue weighted by Crippen LogP contribution is -2.55. The number of halogens is 3. The van der Waals surface area contributed by atoms with E-state index in [-0.39, 0.29) is 35.2 Å². The number of piperidine rings is 2. The molecule has 3 fully saturated rings. The van der Waals surface area contributed by atoms with Gasteiger partial charge in [-0.05, 0) is 69.2 Å². The maximum Gasteiger partial charge on any atom is 0.416 e. The number of likely N-dealkylation sites (tertiary alicyclic amines) is 3.